The van der Waals surface area contributed by atoms with Crippen molar-refractivity contribution in [2.24, 2.45) is 0 Å². The Morgan fingerprint density at radius 3 is 2.61 bits per heavy atom. The monoisotopic (exact) mass is 256 g/mol. The van der Waals surface area contributed by atoms with Crippen molar-refractivity contribution in [2.75, 3.05) is 19.7 Å². The number of carbonyl (C=O) groups is 1. The summed E-state index contributed by atoms with van der Waals surface area (Å²) in [5.41, 5.74) is 0. The molecular formula is C14H28N2O2. The molecule has 0 bridgehead atoms. The Hall–Kier alpha value is -0.770. The number of piperidine rings is 1. The van der Waals surface area contributed by atoms with Crippen molar-refractivity contribution in [2.45, 2.75) is 65.0 Å². The molecule has 18 heavy (non-hydrogen) atoms. The number of hydrogen-bond donors (Lipinski definition) is 1. The third kappa shape index (κ3) is 5.25. The summed E-state index contributed by atoms with van der Waals surface area (Å²) in [5.74, 6) is 0. The van der Waals surface area contributed by atoms with Crippen LogP contribution in [0.3, 0.4) is 0 Å². The average molecular weight is 256 g/mol. The third-order valence-electron chi connectivity index (χ3n) is 3.53. The number of carbonyl (C=O) groups excluding carboxylic acids is 1. The van der Waals surface area contributed by atoms with E-state index in [9.17, 15) is 4.79 Å². The third-order valence-corrected chi connectivity index (χ3v) is 3.53. The summed E-state index contributed by atoms with van der Waals surface area (Å²) in [6, 6.07) is 1.15. The van der Waals surface area contributed by atoms with E-state index >= 15 is 0 Å². The highest BCUT2D eigenvalue weighted by Crippen LogP contribution is 2.13. The van der Waals surface area contributed by atoms with Gasteiger partial charge in [-0.05, 0) is 33.1 Å². The second-order valence-electron chi connectivity index (χ2n) is 5.17. The molecule has 1 heterocycles. The molecule has 4 nitrogen and oxygen atoms in total. The zero-order chi connectivity index (χ0) is 13.4. The predicted molar refractivity (Wildman–Crippen MR) is 73.7 cm³/mol. The highest BCUT2D eigenvalue weighted by Gasteiger charge is 2.23. The number of hydrogen-bond acceptors (Lipinski definition) is 3. The predicted octanol–water partition coefficient (Wildman–Crippen LogP) is 2.78. The van der Waals surface area contributed by atoms with Crippen molar-refractivity contribution >= 4 is 6.09 Å². The average Bonchev–Trinajstić information content (AvgIpc) is 2.37. The van der Waals surface area contributed by atoms with Crippen LogP contribution in [0.25, 0.3) is 0 Å². The Bertz CT molecular complexity index is 238. The van der Waals surface area contributed by atoms with Gasteiger partial charge < -0.3 is 15.0 Å². The van der Waals surface area contributed by atoms with Crippen LogP contribution in [-0.4, -0.2) is 42.8 Å². The molecule has 1 saturated heterocycles. The molecule has 1 fully saturated rings. The lowest BCUT2D eigenvalue weighted by atomic mass is 10.0. The minimum Gasteiger partial charge on any atom is -0.450 e. The fourth-order valence-corrected chi connectivity index (χ4v) is 2.44. The molecule has 0 spiro atoms. The number of nitrogens with one attached hydrogen (secondary N) is 1. The van der Waals surface area contributed by atoms with E-state index in [4.69, 9.17) is 4.74 Å². The molecule has 1 amide bonds. The quantitative estimate of drug-likeness (QED) is 0.794. The maximum absolute atomic E-state index is 11.6. The molecule has 0 aromatic heterocycles. The molecule has 0 saturated carbocycles. The van der Waals surface area contributed by atoms with E-state index in [2.05, 4.69) is 19.2 Å². The molecule has 1 rings (SSSR count). The van der Waals surface area contributed by atoms with Gasteiger partial charge in [0.2, 0.25) is 0 Å². The maximum Gasteiger partial charge on any atom is 0.409 e. The van der Waals surface area contributed by atoms with E-state index in [-0.39, 0.29) is 6.09 Å². The zero-order valence-corrected chi connectivity index (χ0v) is 12.1. The fraction of sp³-hybridized carbons (Fsp3) is 0.929. The Labute approximate surface area is 111 Å². The molecule has 1 aliphatic rings. The molecule has 1 N–H and O–H groups in total. The summed E-state index contributed by atoms with van der Waals surface area (Å²) in [4.78, 5) is 13.4. The molecule has 1 unspecified atom stereocenters. The molecule has 0 aliphatic carbocycles. The minimum atomic E-state index is -0.157. The lowest BCUT2D eigenvalue weighted by molar-refractivity contribution is 0.0942. The summed E-state index contributed by atoms with van der Waals surface area (Å²) < 4.78 is 5.02. The lowest BCUT2D eigenvalue weighted by Crippen LogP contribution is -2.47. The molecule has 1 atom stereocenters. The number of likely N-dealkylation sites (tertiary alicyclic amines) is 1. The fourth-order valence-electron chi connectivity index (χ4n) is 2.44. The Kier molecular flexibility index (Phi) is 7.09. The van der Waals surface area contributed by atoms with Crippen LogP contribution >= 0.6 is 0 Å². The Morgan fingerprint density at radius 2 is 2.06 bits per heavy atom. The highest BCUT2D eigenvalue weighted by molar-refractivity contribution is 5.67. The van der Waals surface area contributed by atoms with E-state index in [0.717, 1.165) is 25.9 Å². The van der Waals surface area contributed by atoms with Crippen molar-refractivity contribution in [1.29, 1.82) is 0 Å². The van der Waals surface area contributed by atoms with Gasteiger partial charge in [-0.1, -0.05) is 19.8 Å². The summed E-state index contributed by atoms with van der Waals surface area (Å²) in [6.07, 6.45) is 5.71. The van der Waals surface area contributed by atoms with Crippen LogP contribution in [0, 0.1) is 0 Å². The smallest absolute Gasteiger partial charge is 0.409 e. The van der Waals surface area contributed by atoms with Gasteiger partial charge in [-0.15, -0.1) is 0 Å². The van der Waals surface area contributed by atoms with Crippen LogP contribution < -0.4 is 5.32 Å². The normalized spacial score (nSPS) is 18.7. The van der Waals surface area contributed by atoms with Crippen LogP contribution in [0.15, 0.2) is 0 Å². The first-order valence-corrected chi connectivity index (χ1v) is 7.35. The first-order valence-electron chi connectivity index (χ1n) is 7.35. The van der Waals surface area contributed by atoms with Gasteiger partial charge in [0, 0.05) is 25.2 Å². The topological polar surface area (TPSA) is 41.6 Å². The second-order valence-corrected chi connectivity index (χ2v) is 5.17. The minimum absolute atomic E-state index is 0.157. The number of ether oxygens (including phenoxy) is 1. The summed E-state index contributed by atoms with van der Waals surface area (Å²) in [5, 5.41) is 3.67. The van der Waals surface area contributed by atoms with Gasteiger partial charge in [0.05, 0.1) is 6.61 Å². The summed E-state index contributed by atoms with van der Waals surface area (Å²) >= 11 is 0. The van der Waals surface area contributed by atoms with Gasteiger partial charge in [0.15, 0.2) is 0 Å². The number of nitrogens with zero attached hydrogens (tertiary/aromatic N) is 1. The molecular weight excluding hydrogens is 228 g/mol. The van der Waals surface area contributed by atoms with E-state index < -0.39 is 0 Å². The van der Waals surface area contributed by atoms with Gasteiger partial charge in [-0.25, -0.2) is 4.79 Å². The van der Waals surface area contributed by atoms with Crippen LogP contribution in [0.2, 0.25) is 0 Å². The van der Waals surface area contributed by atoms with E-state index in [1.807, 2.05) is 11.8 Å². The van der Waals surface area contributed by atoms with Gasteiger partial charge in [0.25, 0.3) is 0 Å². The van der Waals surface area contributed by atoms with Crippen molar-refractivity contribution < 1.29 is 9.53 Å². The highest BCUT2D eigenvalue weighted by atomic mass is 16.6. The van der Waals surface area contributed by atoms with Crippen LogP contribution in [0.4, 0.5) is 4.79 Å². The van der Waals surface area contributed by atoms with Crippen molar-refractivity contribution in [1.82, 2.24) is 10.2 Å². The molecule has 1 aliphatic heterocycles. The molecule has 4 heteroatoms. The Morgan fingerprint density at radius 1 is 1.39 bits per heavy atom. The van der Waals surface area contributed by atoms with Gasteiger partial charge in [0.1, 0.15) is 0 Å². The standard InChI is InChI=1S/C14H28N2O2/c1-4-6-7-12(3)15-13-8-10-16(11-9-13)14(17)18-5-2/h12-13,15H,4-11H2,1-3H3. The van der Waals surface area contributed by atoms with Crippen LogP contribution in [0.1, 0.15) is 52.9 Å². The molecule has 0 radical (unpaired) electrons. The SMILES string of the molecule is CCCCC(C)NC1CCN(C(=O)OCC)CC1. The van der Waals surface area contributed by atoms with Gasteiger partial charge in [-0.2, -0.15) is 0 Å². The summed E-state index contributed by atoms with van der Waals surface area (Å²) in [7, 11) is 0. The maximum atomic E-state index is 11.6. The number of amides is 1. The van der Waals surface area contributed by atoms with Crippen molar-refractivity contribution in [3.8, 4) is 0 Å². The first-order chi connectivity index (χ1) is 8.67. The van der Waals surface area contributed by atoms with Gasteiger partial charge in [-0.3, -0.25) is 0 Å². The van der Waals surface area contributed by atoms with Crippen molar-refractivity contribution in [3.63, 3.8) is 0 Å². The Balaban J connectivity index is 2.20. The van der Waals surface area contributed by atoms with Crippen molar-refractivity contribution in [3.05, 3.63) is 0 Å². The van der Waals surface area contributed by atoms with Crippen LogP contribution in [-0.2, 0) is 4.74 Å². The lowest BCUT2D eigenvalue weighted by Gasteiger charge is -2.33. The van der Waals surface area contributed by atoms with E-state index in [0.29, 0.717) is 18.7 Å². The molecule has 0 aromatic carbocycles. The zero-order valence-electron chi connectivity index (χ0n) is 12.1. The molecule has 0 aromatic rings. The second kappa shape index (κ2) is 8.35. The van der Waals surface area contributed by atoms with E-state index in [1.165, 1.54) is 19.3 Å². The number of unbranched alkanes of at least 4 members (excludes halogenated alkanes) is 1. The summed E-state index contributed by atoms with van der Waals surface area (Å²) in [6.45, 7) is 8.43. The van der Waals surface area contributed by atoms with E-state index in [1.54, 1.807) is 0 Å². The van der Waals surface area contributed by atoms with Crippen LogP contribution in [0.5, 0.6) is 0 Å². The largest absolute Gasteiger partial charge is 0.450 e. The first kappa shape index (κ1) is 15.3. The van der Waals surface area contributed by atoms with Gasteiger partial charge >= 0.3 is 6.09 Å². The molecule has 106 valence electrons. The number of rotatable bonds is 6.